The Morgan fingerprint density at radius 1 is 1.35 bits per heavy atom. The molecule has 4 heterocycles. The molecule has 1 fully saturated rings. The molecule has 2 bridgehead atoms. The topological polar surface area (TPSA) is 63.1 Å². The van der Waals surface area contributed by atoms with Gasteiger partial charge in [0.05, 0.1) is 11.8 Å². The van der Waals surface area contributed by atoms with Gasteiger partial charge in [-0.15, -0.1) is 0 Å². The molecule has 6 nitrogen and oxygen atoms in total. The van der Waals surface area contributed by atoms with E-state index in [4.69, 9.17) is 11.6 Å². The monoisotopic (exact) mass is 391 g/mol. The van der Waals surface area contributed by atoms with Gasteiger partial charge in [-0.05, 0) is 57.2 Å². The Kier molecular flexibility index (Phi) is 4.61. The summed E-state index contributed by atoms with van der Waals surface area (Å²) in [4.78, 5) is 19.6. The highest BCUT2D eigenvalue weighted by atomic mass is 35.5. The number of carbonyl (C=O) groups excluding carboxylic acids is 1. The fourth-order valence-corrected chi connectivity index (χ4v) is 4.84. The van der Waals surface area contributed by atoms with Gasteiger partial charge in [0.15, 0.2) is 0 Å². The molecule has 2 aromatic heterocycles. The summed E-state index contributed by atoms with van der Waals surface area (Å²) >= 11 is 7.46. The van der Waals surface area contributed by atoms with Gasteiger partial charge in [0.2, 0.25) is 0 Å². The van der Waals surface area contributed by atoms with Crippen molar-refractivity contribution in [2.24, 2.45) is 5.92 Å². The van der Waals surface area contributed by atoms with Gasteiger partial charge < -0.3 is 4.90 Å². The van der Waals surface area contributed by atoms with Crippen LogP contribution in [-0.2, 0) is 6.54 Å². The van der Waals surface area contributed by atoms with Crippen LogP contribution in [0.2, 0.25) is 5.15 Å². The van der Waals surface area contributed by atoms with Crippen molar-refractivity contribution in [2.45, 2.75) is 50.2 Å². The molecule has 2 aromatic rings. The third-order valence-electron chi connectivity index (χ3n) is 5.21. The van der Waals surface area contributed by atoms with Crippen molar-refractivity contribution in [1.29, 1.82) is 0 Å². The molecule has 138 valence electrons. The first-order chi connectivity index (χ1) is 12.4. The lowest BCUT2D eigenvalue weighted by Gasteiger charge is -2.33. The summed E-state index contributed by atoms with van der Waals surface area (Å²) in [5.74, 6) is 1.07. The lowest BCUT2D eigenvalue weighted by Crippen LogP contribution is -2.40. The number of aromatic nitrogens is 3. The van der Waals surface area contributed by atoms with Crippen LogP contribution in [-0.4, -0.2) is 32.8 Å². The number of amides is 1. The number of aryl methyl sites for hydroxylation is 1. The summed E-state index contributed by atoms with van der Waals surface area (Å²) in [6.45, 7) is 6.17. The minimum absolute atomic E-state index is 0.0640. The molecule has 1 amide bonds. The van der Waals surface area contributed by atoms with Gasteiger partial charge in [-0.25, -0.2) is 4.98 Å². The summed E-state index contributed by atoms with van der Waals surface area (Å²) in [5.41, 5.74) is 0.492. The molecule has 8 heteroatoms. The zero-order valence-electron chi connectivity index (χ0n) is 14.9. The van der Waals surface area contributed by atoms with Crippen molar-refractivity contribution in [2.75, 3.05) is 11.4 Å². The second-order valence-electron chi connectivity index (χ2n) is 7.57. The molecule has 4 rings (SSSR count). The number of nitrogens with zero attached hydrogens (tertiary/aromatic N) is 4. The average Bonchev–Trinajstić information content (AvgIpc) is 3.15. The number of fused-ring (bicyclic) bond motifs is 5. The molecule has 0 radical (unpaired) electrons. The van der Waals surface area contributed by atoms with Crippen LogP contribution in [0.4, 0.5) is 5.82 Å². The number of hydrogen-bond acceptors (Lipinski definition) is 5. The Balaban J connectivity index is 1.75. The number of pyridine rings is 1. The Bertz CT molecular complexity index is 837. The predicted molar refractivity (Wildman–Crippen MR) is 104 cm³/mol. The Hall–Kier alpha value is -1.73. The summed E-state index contributed by atoms with van der Waals surface area (Å²) < 4.78 is 4.89. The molecular formula is C18H22ClN5OS. The Morgan fingerprint density at radius 3 is 3.04 bits per heavy atom. The van der Waals surface area contributed by atoms with Crippen molar-refractivity contribution in [3.63, 3.8) is 0 Å². The van der Waals surface area contributed by atoms with E-state index in [1.807, 2.05) is 10.7 Å². The summed E-state index contributed by atoms with van der Waals surface area (Å²) in [7, 11) is 0. The van der Waals surface area contributed by atoms with E-state index >= 15 is 0 Å². The molecule has 1 atom stereocenters. The van der Waals surface area contributed by atoms with Crippen LogP contribution in [0, 0.1) is 5.92 Å². The van der Waals surface area contributed by atoms with Crippen LogP contribution in [0.25, 0.3) is 0 Å². The molecule has 1 N–H and O–H groups in total. The zero-order valence-corrected chi connectivity index (χ0v) is 16.5. The summed E-state index contributed by atoms with van der Waals surface area (Å²) in [5, 5.41) is 5.73. The number of hydrogen-bond donors (Lipinski definition) is 1. The molecule has 26 heavy (non-hydrogen) atoms. The van der Waals surface area contributed by atoms with Gasteiger partial charge in [0.25, 0.3) is 5.91 Å². The van der Waals surface area contributed by atoms with Crippen LogP contribution >= 0.6 is 23.5 Å². The fourth-order valence-electron chi connectivity index (χ4n) is 4.02. The fraction of sp³-hybridized carbons (Fsp3) is 0.500. The van der Waals surface area contributed by atoms with Crippen molar-refractivity contribution >= 4 is 35.3 Å². The molecule has 1 saturated heterocycles. The molecule has 0 saturated carbocycles. The quantitative estimate of drug-likeness (QED) is 0.547. The minimum Gasteiger partial charge on any atom is -0.350 e. The first-order valence-electron chi connectivity index (χ1n) is 8.87. The SMILES string of the molecule is CC1(C)CC2CCCn3nccc3SNC(=O)c3ccc(Cl)nc3N1C2. The third kappa shape index (κ3) is 3.30. The number of rotatable bonds is 0. The van der Waals surface area contributed by atoms with E-state index in [-0.39, 0.29) is 11.4 Å². The van der Waals surface area contributed by atoms with E-state index < -0.39 is 0 Å². The Labute approximate surface area is 162 Å². The maximum atomic E-state index is 12.9. The molecule has 2 aliphatic rings. The second-order valence-corrected chi connectivity index (χ2v) is 8.78. The molecule has 1 unspecified atom stereocenters. The first kappa shape index (κ1) is 17.7. The Morgan fingerprint density at radius 2 is 2.19 bits per heavy atom. The third-order valence-corrected chi connectivity index (χ3v) is 6.26. The van der Waals surface area contributed by atoms with E-state index in [0.717, 1.165) is 37.4 Å². The highest BCUT2D eigenvalue weighted by Gasteiger charge is 2.40. The van der Waals surface area contributed by atoms with Crippen LogP contribution in [0.3, 0.4) is 0 Å². The van der Waals surface area contributed by atoms with Crippen LogP contribution in [0.15, 0.2) is 29.4 Å². The number of carbonyl (C=O) groups is 1. The van der Waals surface area contributed by atoms with Crippen molar-refractivity contribution < 1.29 is 4.79 Å². The predicted octanol–water partition coefficient (Wildman–Crippen LogP) is 3.77. The van der Waals surface area contributed by atoms with E-state index in [1.165, 1.54) is 11.9 Å². The molecule has 0 aliphatic carbocycles. The van der Waals surface area contributed by atoms with Gasteiger partial charge in [0, 0.05) is 30.6 Å². The summed E-state index contributed by atoms with van der Waals surface area (Å²) in [6.07, 6.45) is 5.04. The molecule has 2 aliphatic heterocycles. The van der Waals surface area contributed by atoms with Crippen molar-refractivity contribution in [3.8, 4) is 0 Å². The van der Waals surface area contributed by atoms with Gasteiger partial charge in [-0.1, -0.05) is 11.6 Å². The zero-order chi connectivity index (χ0) is 18.3. The van der Waals surface area contributed by atoms with E-state index in [0.29, 0.717) is 22.5 Å². The maximum Gasteiger partial charge on any atom is 0.265 e. The van der Waals surface area contributed by atoms with Gasteiger partial charge in [-0.2, -0.15) is 5.10 Å². The van der Waals surface area contributed by atoms with E-state index in [9.17, 15) is 4.79 Å². The lowest BCUT2D eigenvalue weighted by atomic mass is 9.93. The first-order valence-corrected chi connectivity index (χ1v) is 10.1. The number of halogens is 1. The second kappa shape index (κ2) is 6.78. The lowest BCUT2D eigenvalue weighted by molar-refractivity contribution is 0.0984. The smallest absolute Gasteiger partial charge is 0.265 e. The maximum absolute atomic E-state index is 12.9. The van der Waals surface area contributed by atoms with Crippen LogP contribution in [0.5, 0.6) is 0 Å². The highest BCUT2D eigenvalue weighted by Crippen LogP contribution is 2.40. The van der Waals surface area contributed by atoms with Crippen molar-refractivity contribution in [1.82, 2.24) is 19.5 Å². The standard InChI is InChI=1S/C18H22ClN5OS/c1-18(2)10-12-4-3-9-24-15(7-8-20-24)26-22-17(25)13-5-6-14(19)21-16(13)23(18)11-12/h5-8,12H,3-4,9-11H2,1-2H3,(H,22,25). The molecule has 0 spiro atoms. The van der Waals surface area contributed by atoms with E-state index in [2.05, 4.69) is 33.6 Å². The normalized spacial score (nSPS) is 22.5. The number of anilines is 1. The molecular weight excluding hydrogens is 370 g/mol. The van der Waals surface area contributed by atoms with E-state index in [1.54, 1.807) is 18.3 Å². The average molecular weight is 392 g/mol. The molecule has 0 aromatic carbocycles. The minimum atomic E-state index is -0.166. The highest BCUT2D eigenvalue weighted by molar-refractivity contribution is 7.97. The van der Waals surface area contributed by atoms with Gasteiger partial charge in [-0.3, -0.25) is 14.2 Å². The summed E-state index contributed by atoms with van der Waals surface area (Å²) in [6, 6.07) is 5.36. The van der Waals surface area contributed by atoms with Gasteiger partial charge in [0.1, 0.15) is 16.0 Å². The number of nitrogens with one attached hydrogen (secondary N) is 1. The van der Waals surface area contributed by atoms with Gasteiger partial charge >= 0.3 is 0 Å². The van der Waals surface area contributed by atoms with Crippen molar-refractivity contribution in [3.05, 3.63) is 35.1 Å². The van der Waals surface area contributed by atoms with Crippen LogP contribution in [0.1, 0.15) is 43.5 Å². The largest absolute Gasteiger partial charge is 0.350 e. The van der Waals surface area contributed by atoms with Crippen LogP contribution < -0.4 is 9.62 Å².